The van der Waals surface area contributed by atoms with Crippen LogP contribution in [-0.2, 0) is 16.0 Å². The maximum Gasteiger partial charge on any atom is 0.307 e. The summed E-state index contributed by atoms with van der Waals surface area (Å²) in [5.74, 6) is -1.64. The Balaban J connectivity index is 2.02. The van der Waals surface area contributed by atoms with Gasteiger partial charge in [0.2, 0.25) is 5.91 Å². The van der Waals surface area contributed by atoms with E-state index in [1.165, 1.54) is 5.56 Å². The lowest BCUT2D eigenvalue weighted by Gasteiger charge is -2.31. The quantitative estimate of drug-likeness (QED) is 0.871. The lowest BCUT2D eigenvalue weighted by molar-refractivity contribution is -0.148. The number of carbonyl (C=O) groups excluding carboxylic acids is 1. The van der Waals surface area contributed by atoms with Crippen LogP contribution in [0.2, 0.25) is 0 Å². The summed E-state index contributed by atoms with van der Waals surface area (Å²) in [6.45, 7) is 4.18. The van der Waals surface area contributed by atoms with Crippen LogP contribution < -0.4 is 5.32 Å². The number of aliphatic carboxylic acids is 1. The lowest BCUT2D eigenvalue weighted by atomic mass is 9.74. The highest BCUT2D eigenvalue weighted by Gasteiger charge is 2.38. The molecular formula is C18H25NO3. The van der Waals surface area contributed by atoms with Crippen molar-refractivity contribution in [3.63, 3.8) is 0 Å². The van der Waals surface area contributed by atoms with E-state index in [1.807, 2.05) is 24.3 Å². The molecule has 120 valence electrons. The number of hydrogen-bond acceptors (Lipinski definition) is 2. The van der Waals surface area contributed by atoms with E-state index in [1.54, 1.807) is 0 Å². The van der Waals surface area contributed by atoms with E-state index in [0.29, 0.717) is 18.8 Å². The molecule has 4 nitrogen and oxygen atoms in total. The molecule has 0 aliphatic heterocycles. The zero-order valence-corrected chi connectivity index (χ0v) is 13.3. The molecule has 4 heteroatoms. The van der Waals surface area contributed by atoms with Gasteiger partial charge in [-0.3, -0.25) is 9.59 Å². The van der Waals surface area contributed by atoms with E-state index in [0.717, 1.165) is 24.9 Å². The van der Waals surface area contributed by atoms with E-state index < -0.39 is 17.8 Å². The van der Waals surface area contributed by atoms with Crippen LogP contribution in [0.15, 0.2) is 24.3 Å². The van der Waals surface area contributed by atoms with Crippen LogP contribution in [-0.4, -0.2) is 17.0 Å². The molecule has 1 aliphatic rings. The SMILES string of the molecule is CCCc1ccc(NC(=O)C2CCC(C)CC2C(=O)O)cc1. The van der Waals surface area contributed by atoms with Crippen LogP contribution in [0.3, 0.4) is 0 Å². The predicted molar refractivity (Wildman–Crippen MR) is 86.7 cm³/mol. The van der Waals surface area contributed by atoms with E-state index in [4.69, 9.17) is 0 Å². The van der Waals surface area contributed by atoms with Crippen LogP contribution in [0, 0.1) is 17.8 Å². The van der Waals surface area contributed by atoms with Crippen LogP contribution in [0.25, 0.3) is 0 Å². The summed E-state index contributed by atoms with van der Waals surface area (Å²) in [6, 6.07) is 7.81. The average molecular weight is 303 g/mol. The molecule has 3 atom stereocenters. The van der Waals surface area contributed by atoms with Crippen molar-refractivity contribution < 1.29 is 14.7 Å². The normalized spacial score (nSPS) is 24.7. The fraction of sp³-hybridized carbons (Fsp3) is 0.556. The molecule has 1 aromatic carbocycles. The number of carboxylic acid groups (broad SMARTS) is 1. The number of carbonyl (C=O) groups is 2. The van der Waals surface area contributed by atoms with E-state index in [-0.39, 0.29) is 5.91 Å². The average Bonchev–Trinajstić information content (AvgIpc) is 2.49. The van der Waals surface area contributed by atoms with Crippen molar-refractivity contribution in [1.82, 2.24) is 0 Å². The second kappa shape index (κ2) is 7.43. The van der Waals surface area contributed by atoms with Gasteiger partial charge in [-0.2, -0.15) is 0 Å². The maximum atomic E-state index is 12.4. The highest BCUT2D eigenvalue weighted by Crippen LogP contribution is 2.34. The fourth-order valence-corrected chi connectivity index (χ4v) is 3.25. The van der Waals surface area contributed by atoms with Crippen LogP contribution in [0.4, 0.5) is 5.69 Å². The number of hydrogen-bond donors (Lipinski definition) is 2. The molecule has 22 heavy (non-hydrogen) atoms. The molecule has 2 N–H and O–H groups in total. The summed E-state index contributed by atoms with van der Waals surface area (Å²) in [4.78, 5) is 23.8. The minimum Gasteiger partial charge on any atom is -0.481 e. The highest BCUT2D eigenvalue weighted by molar-refractivity contribution is 5.95. The summed E-state index contributed by atoms with van der Waals surface area (Å²) >= 11 is 0. The number of nitrogens with one attached hydrogen (secondary N) is 1. The predicted octanol–water partition coefficient (Wildman–Crippen LogP) is 3.71. The molecular weight excluding hydrogens is 278 g/mol. The molecule has 0 aromatic heterocycles. The first-order valence-electron chi connectivity index (χ1n) is 8.13. The summed E-state index contributed by atoms with van der Waals surface area (Å²) in [7, 11) is 0. The minimum atomic E-state index is -0.856. The molecule has 1 fully saturated rings. The highest BCUT2D eigenvalue weighted by atomic mass is 16.4. The van der Waals surface area contributed by atoms with Gasteiger partial charge in [-0.25, -0.2) is 0 Å². The molecule has 0 bridgehead atoms. The van der Waals surface area contributed by atoms with E-state index >= 15 is 0 Å². The van der Waals surface area contributed by atoms with Crippen molar-refractivity contribution in [1.29, 1.82) is 0 Å². The fourth-order valence-electron chi connectivity index (χ4n) is 3.25. The van der Waals surface area contributed by atoms with Gasteiger partial charge in [-0.15, -0.1) is 0 Å². The van der Waals surface area contributed by atoms with Crippen molar-refractivity contribution in [2.24, 2.45) is 17.8 Å². The Hall–Kier alpha value is -1.84. The number of aryl methyl sites for hydroxylation is 1. The molecule has 0 radical (unpaired) electrons. The van der Waals surface area contributed by atoms with E-state index in [9.17, 15) is 14.7 Å². The number of anilines is 1. The molecule has 2 rings (SSSR count). The summed E-state index contributed by atoms with van der Waals surface area (Å²) < 4.78 is 0. The number of amides is 1. The Labute approximate surface area is 131 Å². The van der Waals surface area contributed by atoms with Crippen molar-refractivity contribution in [3.8, 4) is 0 Å². The Bertz CT molecular complexity index is 524. The van der Waals surface area contributed by atoms with E-state index in [2.05, 4.69) is 19.2 Å². The first-order valence-corrected chi connectivity index (χ1v) is 8.13. The van der Waals surface area contributed by atoms with Gasteiger partial charge < -0.3 is 10.4 Å². The van der Waals surface area contributed by atoms with Crippen LogP contribution in [0.5, 0.6) is 0 Å². The summed E-state index contributed by atoms with van der Waals surface area (Å²) in [5, 5.41) is 12.2. The molecule has 1 amide bonds. The smallest absolute Gasteiger partial charge is 0.307 e. The largest absolute Gasteiger partial charge is 0.481 e. The maximum absolute atomic E-state index is 12.4. The molecule has 0 saturated heterocycles. The molecule has 0 spiro atoms. The summed E-state index contributed by atoms with van der Waals surface area (Å²) in [6.07, 6.45) is 4.26. The van der Waals surface area contributed by atoms with Crippen LogP contribution >= 0.6 is 0 Å². The Morgan fingerprint density at radius 2 is 1.86 bits per heavy atom. The van der Waals surface area contributed by atoms with Crippen molar-refractivity contribution in [2.75, 3.05) is 5.32 Å². The molecule has 1 aromatic rings. The summed E-state index contributed by atoms with van der Waals surface area (Å²) in [5.41, 5.74) is 1.99. The van der Waals surface area contributed by atoms with Gasteiger partial charge in [-0.1, -0.05) is 32.4 Å². The number of rotatable bonds is 5. The molecule has 1 saturated carbocycles. The third kappa shape index (κ3) is 4.09. The second-order valence-electron chi connectivity index (χ2n) is 6.41. The third-order valence-electron chi connectivity index (χ3n) is 4.53. The van der Waals surface area contributed by atoms with Gasteiger partial charge in [0.1, 0.15) is 0 Å². The number of benzene rings is 1. The van der Waals surface area contributed by atoms with Crippen LogP contribution in [0.1, 0.15) is 45.1 Å². The first kappa shape index (κ1) is 16.5. The second-order valence-corrected chi connectivity index (χ2v) is 6.41. The monoisotopic (exact) mass is 303 g/mol. The van der Waals surface area contributed by atoms with Gasteiger partial charge in [0.05, 0.1) is 11.8 Å². The van der Waals surface area contributed by atoms with Crippen molar-refractivity contribution >= 4 is 17.6 Å². The molecule has 1 aliphatic carbocycles. The number of carboxylic acids is 1. The lowest BCUT2D eigenvalue weighted by Crippen LogP contribution is -2.38. The Morgan fingerprint density at radius 1 is 1.18 bits per heavy atom. The molecule has 3 unspecified atom stereocenters. The third-order valence-corrected chi connectivity index (χ3v) is 4.53. The Morgan fingerprint density at radius 3 is 2.45 bits per heavy atom. The minimum absolute atomic E-state index is 0.164. The van der Waals surface area contributed by atoms with Gasteiger partial charge in [0.25, 0.3) is 0 Å². The topological polar surface area (TPSA) is 66.4 Å². The zero-order chi connectivity index (χ0) is 16.1. The van der Waals surface area contributed by atoms with Crippen molar-refractivity contribution in [3.05, 3.63) is 29.8 Å². The van der Waals surface area contributed by atoms with Crippen molar-refractivity contribution in [2.45, 2.75) is 46.0 Å². The first-order chi connectivity index (χ1) is 10.5. The molecule has 0 heterocycles. The van der Waals surface area contributed by atoms with Gasteiger partial charge >= 0.3 is 5.97 Å². The Kier molecular flexibility index (Phi) is 5.58. The standard InChI is InChI=1S/C18H25NO3/c1-3-4-13-6-8-14(9-7-13)19-17(20)15-10-5-12(2)11-16(15)18(21)22/h6-9,12,15-16H,3-5,10-11H2,1-2H3,(H,19,20)(H,21,22). The zero-order valence-electron chi connectivity index (χ0n) is 13.3. The van der Waals surface area contributed by atoms with Gasteiger partial charge in [0.15, 0.2) is 0 Å². The van der Waals surface area contributed by atoms with Gasteiger partial charge in [-0.05, 0) is 49.3 Å². The van der Waals surface area contributed by atoms with Gasteiger partial charge in [0, 0.05) is 5.69 Å².